The van der Waals surface area contributed by atoms with Crippen LogP contribution < -0.4 is 5.32 Å². The van der Waals surface area contributed by atoms with E-state index in [1.807, 2.05) is 54.4 Å². The molecule has 0 aliphatic heterocycles. The van der Waals surface area contributed by atoms with E-state index in [9.17, 15) is 4.79 Å². The minimum atomic E-state index is -0.0875. The number of thiazole rings is 1. The van der Waals surface area contributed by atoms with Gasteiger partial charge in [0.1, 0.15) is 5.01 Å². The van der Waals surface area contributed by atoms with Crippen LogP contribution in [0.3, 0.4) is 0 Å². The largest absolute Gasteiger partial charge is 0.324 e. The first kappa shape index (κ1) is 19.4. The molecule has 27 heavy (non-hydrogen) atoms. The van der Waals surface area contributed by atoms with Crippen molar-refractivity contribution in [1.82, 2.24) is 9.88 Å². The van der Waals surface area contributed by atoms with Crippen molar-refractivity contribution in [2.24, 2.45) is 0 Å². The fourth-order valence-electron chi connectivity index (χ4n) is 2.62. The zero-order valence-corrected chi connectivity index (χ0v) is 16.8. The highest BCUT2D eigenvalue weighted by molar-refractivity contribution is 7.99. The SMILES string of the molecule is C[C@H](c1nc2ccccc2s1)N(C)CC(=O)Nc1ccccc1SCC#N. The van der Waals surface area contributed by atoms with Gasteiger partial charge in [0.15, 0.2) is 0 Å². The summed E-state index contributed by atoms with van der Waals surface area (Å²) in [6.07, 6.45) is 0. The van der Waals surface area contributed by atoms with Gasteiger partial charge in [-0.2, -0.15) is 5.26 Å². The minimum Gasteiger partial charge on any atom is -0.324 e. The first-order valence-electron chi connectivity index (χ1n) is 8.53. The number of nitrogens with zero attached hydrogens (tertiary/aromatic N) is 3. The number of nitrogens with one attached hydrogen (secondary N) is 1. The standard InChI is InChI=1S/C20H20N4OS2/c1-14(20-23-16-8-4-6-10-18(16)27-20)24(2)13-19(25)22-15-7-3-5-9-17(15)26-12-11-21/h3-10,14H,12-13H2,1-2H3,(H,22,25)/t14-/m1/s1. The lowest BCUT2D eigenvalue weighted by atomic mass is 10.3. The summed E-state index contributed by atoms with van der Waals surface area (Å²) < 4.78 is 1.15. The van der Waals surface area contributed by atoms with Gasteiger partial charge >= 0.3 is 0 Å². The molecule has 0 radical (unpaired) electrons. The van der Waals surface area contributed by atoms with Crippen molar-refractivity contribution in [2.45, 2.75) is 17.9 Å². The monoisotopic (exact) mass is 396 g/mol. The van der Waals surface area contributed by atoms with Crippen molar-refractivity contribution in [2.75, 3.05) is 24.7 Å². The summed E-state index contributed by atoms with van der Waals surface area (Å²) in [6.45, 7) is 2.32. The third-order valence-electron chi connectivity index (χ3n) is 4.18. The second-order valence-electron chi connectivity index (χ2n) is 6.10. The highest BCUT2D eigenvalue weighted by atomic mass is 32.2. The van der Waals surface area contributed by atoms with Crippen molar-refractivity contribution in [3.05, 3.63) is 53.5 Å². The van der Waals surface area contributed by atoms with Crippen LogP contribution in [0.25, 0.3) is 10.2 Å². The maximum absolute atomic E-state index is 12.5. The molecular weight excluding hydrogens is 376 g/mol. The number of hydrogen-bond donors (Lipinski definition) is 1. The van der Waals surface area contributed by atoms with E-state index in [-0.39, 0.29) is 18.5 Å². The second kappa shape index (κ2) is 9.00. The summed E-state index contributed by atoms with van der Waals surface area (Å²) in [5.74, 6) is 0.261. The average molecular weight is 397 g/mol. The first-order chi connectivity index (χ1) is 13.1. The molecule has 0 fully saturated rings. The Hall–Kier alpha value is -2.40. The lowest BCUT2D eigenvalue weighted by Crippen LogP contribution is -2.32. The number of para-hydroxylation sites is 2. The van der Waals surface area contributed by atoms with Crippen LogP contribution in [0.4, 0.5) is 5.69 Å². The number of carbonyl (C=O) groups is 1. The molecule has 0 saturated heterocycles. The molecule has 0 bridgehead atoms. The van der Waals surface area contributed by atoms with E-state index >= 15 is 0 Å². The summed E-state index contributed by atoms with van der Waals surface area (Å²) in [5, 5.41) is 12.7. The molecule has 1 aromatic heterocycles. The fourth-order valence-corrected chi connectivity index (χ4v) is 4.37. The zero-order valence-electron chi connectivity index (χ0n) is 15.2. The van der Waals surface area contributed by atoms with Crippen molar-refractivity contribution in [3.8, 4) is 6.07 Å². The van der Waals surface area contributed by atoms with Crippen LogP contribution in [-0.2, 0) is 4.79 Å². The summed E-state index contributed by atoms with van der Waals surface area (Å²) in [4.78, 5) is 20.1. The normalized spacial score (nSPS) is 12.1. The van der Waals surface area contributed by atoms with E-state index in [1.165, 1.54) is 11.8 Å². The van der Waals surface area contributed by atoms with Gasteiger partial charge < -0.3 is 5.32 Å². The van der Waals surface area contributed by atoms with Crippen LogP contribution in [0.5, 0.6) is 0 Å². The van der Waals surface area contributed by atoms with Crippen LogP contribution in [0, 0.1) is 11.3 Å². The van der Waals surface area contributed by atoms with Crippen LogP contribution in [0.15, 0.2) is 53.4 Å². The molecule has 0 saturated carbocycles. The number of carbonyl (C=O) groups excluding carboxylic acids is 1. The van der Waals surface area contributed by atoms with Crippen LogP contribution in [0.1, 0.15) is 18.0 Å². The third-order valence-corrected chi connectivity index (χ3v) is 6.32. The first-order valence-corrected chi connectivity index (χ1v) is 10.3. The van der Waals surface area contributed by atoms with Crippen LogP contribution in [0.2, 0.25) is 0 Å². The number of nitriles is 1. The number of aromatic nitrogens is 1. The third kappa shape index (κ3) is 4.86. The average Bonchev–Trinajstić information content (AvgIpc) is 3.10. The predicted octanol–water partition coefficient (Wildman–Crippen LogP) is 4.54. The van der Waals surface area contributed by atoms with Gasteiger partial charge in [-0.15, -0.1) is 23.1 Å². The molecule has 1 N–H and O–H groups in total. The fraction of sp³-hybridized carbons (Fsp3) is 0.250. The van der Waals surface area contributed by atoms with Gasteiger partial charge in [-0.25, -0.2) is 4.98 Å². The molecule has 3 aromatic rings. The molecule has 0 aliphatic rings. The summed E-state index contributed by atoms with van der Waals surface area (Å²) in [5.41, 5.74) is 1.73. The van der Waals surface area contributed by atoms with Gasteiger partial charge in [0.05, 0.1) is 40.3 Å². The molecule has 5 nitrogen and oxygen atoms in total. The Balaban J connectivity index is 1.64. The molecule has 1 heterocycles. The number of hydrogen-bond acceptors (Lipinski definition) is 6. The maximum atomic E-state index is 12.5. The molecule has 3 rings (SSSR count). The van der Waals surface area contributed by atoms with Gasteiger partial charge in [0, 0.05) is 4.90 Å². The molecule has 0 unspecified atom stereocenters. The van der Waals surface area contributed by atoms with Crippen LogP contribution in [-0.4, -0.2) is 35.1 Å². The molecule has 1 amide bonds. The highest BCUT2D eigenvalue weighted by Crippen LogP contribution is 2.29. The van der Waals surface area contributed by atoms with E-state index in [0.29, 0.717) is 5.75 Å². The molecule has 2 aromatic carbocycles. The number of rotatable bonds is 7. The van der Waals surface area contributed by atoms with E-state index in [2.05, 4.69) is 29.4 Å². The number of likely N-dealkylation sites (N-methyl/N-ethyl adjacent to an activating group) is 1. The lowest BCUT2D eigenvalue weighted by Gasteiger charge is -2.22. The Kier molecular flexibility index (Phi) is 6.45. The van der Waals surface area contributed by atoms with Crippen molar-refractivity contribution in [3.63, 3.8) is 0 Å². The van der Waals surface area contributed by atoms with E-state index in [4.69, 9.17) is 5.26 Å². The van der Waals surface area contributed by atoms with E-state index in [0.717, 1.165) is 25.8 Å². The quantitative estimate of drug-likeness (QED) is 0.594. The van der Waals surface area contributed by atoms with E-state index < -0.39 is 0 Å². The Labute approximate surface area is 167 Å². The molecule has 138 valence electrons. The van der Waals surface area contributed by atoms with Crippen molar-refractivity contribution < 1.29 is 4.79 Å². The van der Waals surface area contributed by atoms with Gasteiger partial charge in [0.25, 0.3) is 0 Å². The molecule has 0 spiro atoms. The summed E-state index contributed by atoms with van der Waals surface area (Å²) >= 11 is 3.07. The molecule has 1 atom stereocenters. The summed E-state index contributed by atoms with van der Waals surface area (Å²) in [6, 6.07) is 17.7. The Morgan fingerprint density at radius 2 is 2.04 bits per heavy atom. The highest BCUT2D eigenvalue weighted by Gasteiger charge is 2.19. The maximum Gasteiger partial charge on any atom is 0.238 e. The topological polar surface area (TPSA) is 69.0 Å². The molecule has 0 aliphatic carbocycles. The van der Waals surface area contributed by atoms with Crippen molar-refractivity contribution in [1.29, 1.82) is 5.26 Å². The Morgan fingerprint density at radius 1 is 1.30 bits per heavy atom. The summed E-state index contributed by atoms with van der Waals surface area (Å²) in [7, 11) is 1.92. The molecular formula is C20H20N4OS2. The Morgan fingerprint density at radius 3 is 2.81 bits per heavy atom. The predicted molar refractivity (Wildman–Crippen MR) is 112 cm³/mol. The number of fused-ring (bicyclic) bond motifs is 1. The van der Waals surface area contributed by atoms with Gasteiger partial charge in [0.2, 0.25) is 5.91 Å². The van der Waals surface area contributed by atoms with Crippen molar-refractivity contribution >= 4 is 44.9 Å². The Bertz CT molecular complexity index is 946. The lowest BCUT2D eigenvalue weighted by molar-refractivity contribution is -0.117. The van der Waals surface area contributed by atoms with Gasteiger partial charge in [-0.05, 0) is 38.2 Å². The smallest absolute Gasteiger partial charge is 0.238 e. The number of anilines is 1. The minimum absolute atomic E-state index is 0.0383. The molecule has 7 heteroatoms. The van der Waals surface area contributed by atoms with Gasteiger partial charge in [-0.1, -0.05) is 24.3 Å². The zero-order chi connectivity index (χ0) is 19.2. The van der Waals surface area contributed by atoms with E-state index in [1.54, 1.807) is 11.3 Å². The number of thioether (sulfide) groups is 1. The van der Waals surface area contributed by atoms with Crippen LogP contribution >= 0.6 is 23.1 Å². The number of amides is 1. The number of benzene rings is 2. The second-order valence-corrected chi connectivity index (χ2v) is 8.18. The van der Waals surface area contributed by atoms with Gasteiger partial charge in [-0.3, -0.25) is 9.69 Å².